The quantitative estimate of drug-likeness (QED) is 0.187. The Balaban J connectivity index is 1.69. The van der Waals surface area contributed by atoms with Crippen molar-refractivity contribution in [1.29, 1.82) is 0 Å². The van der Waals surface area contributed by atoms with Crippen LogP contribution >= 0.6 is 0 Å². The number of hydrogen-bond donors (Lipinski definition) is 1. The van der Waals surface area contributed by atoms with E-state index in [1.807, 2.05) is 36.4 Å². The molecule has 0 unspecified atom stereocenters. The molecular weight excluding hydrogens is 475 g/mol. The molecule has 0 bridgehead atoms. The zero-order chi connectivity index (χ0) is 26.3. The second-order valence-electron chi connectivity index (χ2n) is 9.98. The highest BCUT2D eigenvalue weighted by Gasteiger charge is 2.34. The highest BCUT2D eigenvalue weighted by molar-refractivity contribution is 6.99. The van der Waals surface area contributed by atoms with Gasteiger partial charge in [-0.05, 0) is 73.4 Å². The molecular formula is C36H25BO2. The summed E-state index contributed by atoms with van der Waals surface area (Å²) >= 11 is 0. The van der Waals surface area contributed by atoms with Gasteiger partial charge in [0.05, 0.1) is 7.11 Å². The van der Waals surface area contributed by atoms with E-state index < -0.39 is 0 Å². The second kappa shape index (κ2) is 9.42. The van der Waals surface area contributed by atoms with Crippen LogP contribution in [0.25, 0.3) is 32.3 Å². The number of phenolic OH excluding ortho intramolecular Hbond substituents is 1. The highest BCUT2D eigenvalue weighted by atomic mass is 16.5. The van der Waals surface area contributed by atoms with E-state index in [1.165, 1.54) is 10.8 Å². The molecule has 1 aliphatic rings. The van der Waals surface area contributed by atoms with Gasteiger partial charge in [-0.1, -0.05) is 114 Å². The fourth-order valence-corrected chi connectivity index (χ4v) is 6.15. The third kappa shape index (κ3) is 3.76. The molecule has 6 aromatic rings. The first-order chi connectivity index (χ1) is 19.2. The molecule has 2 nitrogen and oxygen atoms in total. The van der Waals surface area contributed by atoms with E-state index >= 15 is 0 Å². The molecule has 184 valence electrons. The average molecular weight is 500 g/mol. The van der Waals surface area contributed by atoms with E-state index in [9.17, 15) is 5.11 Å². The monoisotopic (exact) mass is 500 g/mol. The number of allylic oxidation sites excluding steroid dienone is 2. The van der Waals surface area contributed by atoms with Gasteiger partial charge in [0.2, 0.25) is 0 Å². The predicted molar refractivity (Wildman–Crippen MR) is 164 cm³/mol. The van der Waals surface area contributed by atoms with Crippen LogP contribution < -0.4 is 21.1 Å². The van der Waals surface area contributed by atoms with Gasteiger partial charge in [0.25, 0.3) is 6.71 Å². The van der Waals surface area contributed by atoms with E-state index in [-0.39, 0.29) is 12.5 Å². The minimum absolute atomic E-state index is 0.260. The maximum absolute atomic E-state index is 11.6. The Morgan fingerprint density at radius 1 is 0.718 bits per heavy atom. The van der Waals surface area contributed by atoms with Crippen LogP contribution in [-0.2, 0) is 6.42 Å². The normalized spacial score (nSPS) is 12.1. The maximum atomic E-state index is 11.6. The summed E-state index contributed by atoms with van der Waals surface area (Å²) in [5, 5.41) is 18.4. The van der Waals surface area contributed by atoms with Crippen molar-refractivity contribution in [2.75, 3.05) is 7.11 Å². The van der Waals surface area contributed by atoms with Gasteiger partial charge < -0.3 is 9.84 Å². The van der Waals surface area contributed by atoms with Crippen LogP contribution in [0, 0.1) is 11.8 Å². The van der Waals surface area contributed by atoms with Gasteiger partial charge in [-0.2, -0.15) is 0 Å². The number of methoxy groups -OCH3 is 1. The number of rotatable bonds is 4. The Morgan fingerprint density at radius 3 is 2.26 bits per heavy atom. The summed E-state index contributed by atoms with van der Waals surface area (Å²) in [5.41, 5.74) is 5.08. The minimum Gasteiger partial charge on any atom is -0.508 e. The molecule has 39 heavy (non-hydrogen) atoms. The van der Waals surface area contributed by atoms with Gasteiger partial charge in [-0.3, -0.25) is 0 Å². The zero-order valence-electron chi connectivity index (χ0n) is 21.6. The standard InChI is InChI=1S/C36H25BO2/c1-39-34-22-20-25-11-3-2-4-15-29(25)36(34)37(35-28-16-8-5-12-24(28)19-21-33(35)38)32-23-26-13-6-7-14-27(26)30-17-9-10-18-31(30)32/h2-3,5-10,12-14,16-23,38H,11H2,1H3. The molecule has 0 aromatic heterocycles. The highest BCUT2D eigenvalue weighted by Crippen LogP contribution is 2.28. The summed E-state index contributed by atoms with van der Waals surface area (Å²) in [6.45, 7) is -0.331. The van der Waals surface area contributed by atoms with E-state index in [4.69, 9.17) is 4.74 Å². The number of hydrogen-bond acceptors (Lipinski definition) is 2. The summed E-state index contributed by atoms with van der Waals surface area (Å²) in [5.74, 6) is 7.69. The molecule has 0 saturated carbocycles. The van der Waals surface area contributed by atoms with Crippen LogP contribution in [0.3, 0.4) is 0 Å². The van der Waals surface area contributed by atoms with Crippen molar-refractivity contribution in [1.82, 2.24) is 0 Å². The fourth-order valence-electron chi connectivity index (χ4n) is 6.15. The molecule has 0 amide bonds. The van der Waals surface area contributed by atoms with Gasteiger partial charge in [0.1, 0.15) is 11.5 Å². The molecule has 0 aliphatic heterocycles. The van der Waals surface area contributed by atoms with E-state index in [0.717, 1.165) is 61.2 Å². The summed E-state index contributed by atoms with van der Waals surface area (Å²) in [4.78, 5) is 0. The molecule has 0 heterocycles. The van der Waals surface area contributed by atoms with Gasteiger partial charge in [0.15, 0.2) is 0 Å². The summed E-state index contributed by atoms with van der Waals surface area (Å²) in [6.07, 6.45) is 4.80. The largest absolute Gasteiger partial charge is 0.508 e. The number of fused-ring (bicyclic) bond motifs is 5. The Hall–Kier alpha value is -4.94. The van der Waals surface area contributed by atoms with Crippen molar-refractivity contribution in [3.8, 4) is 23.3 Å². The van der Waals surface area contributed by atoms with Crippen LogP contribution in [0.4, 0.5) is 0 Å². The van der Waals surface area contributed by atoms with E-state index in [2.05, 4.69) is 90.7 Å². The second-order valence-corrected chi connectivity index (χ2v) is 9.98. The Labute approximate surface area is 228 Å². The summed E-state index contributed by atoms with van der Waals surface area (Å²) in [6, 6.07) is 35.6. The molecule has 0 spiro atoms. The fraction of sp³-hybridized carbons (Fsp3) is 0.0556. The lowest BCUT2D eigenvalue weighted by atomic mass is 9.34. The number of ether oxygens (including phenoxy) is 1. The topological polar surface area (TPSA) is 29.5 Å². The molecule has 7 rings (SSSR count). The molecule has 0 saturated heterocycles. The van der Waals surface area contributed by atoms with Gasteiger partial charge in [-0.25, -0.2) is 0 Å². The van der Waals surface area contributed by atoms with Crippen molar-refractivity contribution in [3.63, 3.8) is 0 Å². The average Bonchev–Trinajstić information content (AvgIpc) is 3.24. The number of aromatic hydroxyl groups is 1. The Morgan fingerprint density at radius 2 is 1.44 bits per heavy atom. The predicted octanol–water partition coefficient (Wildman–Crippen LogP) is 5.84. The van der Waals surface area contributed by atoms with Crippen LogP contribution in [-0.4, -0.2) is 18.9 Å². The summed E-state index contributed by atoms with van der Waals surface area (Å²) in [7, 11) is 1.71. The van der Waals surface area contributed by atoms with Crippen LogP contribution in [0.5, 0.6) is 11.5 Å². The number of benzene rings is 6. The van der Waals surface area contributed by atoms with E-state index in [1.54, 1.807) is 7.11 Å². The maximum Gasteiger partial charge on any atom is 0.254 e. The van der Waals surface area contributed by atoms with Gasteiger partial charge in [0, 0.05) is 5.56 Å². The number of phenols is 1. The minimum atomic E-state index is -0.331. The van der Waals surface area contributed by atoms with Crippen LogP contribution in [0.15, 0.2) is 115 Å². The first-order valence-corrected chi connectivity index (χ1v) is 13.2. The zero-order valence-corrected chi connectivity index (χ0v) is 21.6. The lowest BCUT2D eigenvalue weighted by Gasteiger charge is -2.25. The first kappa shape index (κ1) is 23.2. The smallest absolute Gasteiger partial charge is 0.254 e. The SMILES string of the molecule is COc1ccc2c(c1B(c1c(O)ccc3ccccc13)c1cc3ccccc3c3ccccc13)C#CC=CC2. The molecule has 1 N–H and O–H groups in total. The van der Waals surface area contributed by atoms with Crippen LogP contribution in [0.1, 0.15) is 11.1 Å². The Bertz CT molecular complexity index is 2010. The van der Waals surface area contributed by atoms with Crippen molar-refractivity contribution in [2.24, 2.45) is 0 Å². The molecule has 0 atom stereocenters. The Kier molecular flexibility index (Phi) is 5.61. The summed E-state index contributed by atoms with van der Waals surface area (Å²) < 4.78 is 6.06. The van der Waals surface area contributed by atoms with Gasteiger partial charge in [-0.15, -0.1) is 0 Å². The van der Waals surface area contributed by atoms with Crippen molar-refractivity contribution in [2.45, 2.75) is 6.42 Å². The molecule has 6 aromatic carbocycles. The molecule has 0 fully saturated rings. The molecule has 3 heteroatoms. The van der Waals surface area contributed by atoms with Crippen molar-refractivity contribution >= 4 is 55.4 Å². The third-order valence-electron chi connectivity index (χ3n) is 7.88. The lowest BCUT2D eigenvalue weighted by Crippen LogP contribution is -2.54. The first-order valence-electron chi connectivity index (χ1n) is 13.2. The lowest BCUT2D eigenvalue weighted by molar-refractivity contribution is 0.418. The third-order valence-corrected chi connectivity index (χ3v) is 7.88. The molecule has 1 aliphatic carbocycles. The van der Waals surface area contributed by atoms with Gasteiger partial charge >= 0.3 is 0 Å². The van der Waals surface area contributed by atoms with Crippen molar-refractivity contribution < 1.29 is 9.84 Å². The van der Waals surface area contributed by atoms with Crippen molar-refractivity contribution in [3.05, 3.63) is 126 Å². The molecule has 0 radical (unpaired) electrons. The van der Waals surface area contributed by atoms with Crippen LogP contribution in [0.2, 0.25) is 0 Å². The van der Waals surface area contributed by atoms with E-state index in [0.29, 0.717) is 0 Å².